The Kier molecular flexibility index (Phi) is 4.35. The molecule has 1 aliphatic rings. The first-order valence-electron chi connectivity index (χ1n) is 6.49. The van der Waals surface area contributed by atoms with Crippen LogP contribution in [0.15, 0.2) is 16.6 Å². The summed E-state index contributed by atoms with van der Waals surface area (Å²) in [4.78, 5) is 0. The normalized spacial score (nSPS) is 18.3. The van der Waals surface area contributed by atoms with Crippen LogP contribution >= 0.6 is 15.9 Å². The Balaban J connectivity index is 2.64. The van der Waals surface area contributed by atoms with E-state index in [0.29, 0.717) is 17.3 Å². The number of benzene rings is 1. The lowest BCUT2D eigenvalue weighted by atomic mass is 9.76. The predicted octanol–water partition coefficient (Wildman–Crippen LogP) is 4.25. The Morgan fingerprint density at radius 3 is 2.35 bits per heavy atom. The molecule has 20 heavy (non-hydrogen) atoms. The molecule has 0 atom stereocenters. The molecule has 1 aromatic carbocycles. The summed E-state index contributed by atoms with van der Waals surface area (Å²) < 4.78 is 45.6. The van der Waals surface area contributed by atoms with Gasteiger partial charge < -0.3 is 10.5 Å². The van der Waals surface area contributed by atoms with Crippen LogP contribution in [-0.4, -0.2) is 13.7 Å². The van der Waals surface area contributed by atoms with Gasteiger partial charge in [-0.25, -0.2) is 0 Å². The maximum Gasteiger partial charge on any atom is 0.416 e. The highest BCUT2D eigenvalue weighted by atomic mass is 79.9. The molecule has 0 heterocycles. The molecule has 0 spiro atoms. The third kappa shape index (κ3) is 2.68. The number of methoxy groups -OCH3 is 1. The highest BCUT2D eigenvalue weighted by molar-refractivity contribution is 9.10. The van der Waals surface area contributed by atoms with E-state index in [1.165, 1.54) is 13.2 Å². The largest absolute Gasteiger partial charge is 0.496 e. The van der Waals surface area contributed by atoms with Gasteiger partial charge in [0.2, 0.25) is 0 Å². The van der Waals surface area contributed by atoms with Crippen molar-refractivity contribution in [2.45, 2.75) is 37.3 Å². The molecule has 1 aliphatic carbocycles. The smallest absolute Gasteiger partial charge is 0.416 e. The second-order valence-corrected chi connectivity index (χ2v) is 6.08. The molecule has 0 amide bonds. The SMILES string of the molecule is COc1cc(C(F)(F)F)c(C2(CN)CCCC2)cc1Br. The van der Waals surface area contributed by atoms with Gasteiger partial charge in [0.25, 0.3) is 0 Å². The first-order valence-corrected chi connectivity index (χ1v) is 7.28. The van der Waals surface area contributed by atoms with Gasteiger partial charge in [-0.3, -0.25) is 0 Å². The molecule has 0 unspecified atom stereocenters. The fourth-order valence-electron chi connectivity index (χ4n) is 3.02. The Morgan fingerprint density at radius 1 is 1.30 bits per heavy atom. The summed E-state index contributed by atoms with van der Waals surface area (Å²) in [7, 11) is 1.36. The van der Waals surface area contributed by atoms with Crippen molar-refractivity contribution in [2.75, 3.05) is 13.7 Å². The van der Waals surface area contributed by atoms with E-state index in [4.69, 9.17) is 10.5 Å². The fourth-order valence-corrected chi connectivity index (χ4v) is 3.52. The third-order valence-corrected chi connectivity index (χ3v) is 4.74. The molecule has 2 nitrogen and oxygen atoms in total. The van der Waals surface area contributed by atoms with Gasteiger partial charge >= 0.3 is 6.18 Å². The molecule has 0 bridgehead atoms. The highest BCUT2D eigenvalue weighted by Gasteiger charge is 2.43. The van der Waals surface area contributed by atoms with Crippen molar-refractivity contribution in [3.05, 3.63) is 27.7 Å². The second-order valence-electron chi connectivity index (χ2n) is 5.22. The maximum absolute atomic E-state index is 13.3. The van der Waals surface area contributed by atoms with E-state index < -0.39 is 17.2 Å². The van der Waals surface area contributed by atoms with Crippen LogP contribution in [0.1, 0.15) is 36.8 Å². The van der Waals surface area contributed by atoms with Crippen LogP contribution in [0.2, 0.25) is 0 Å². The van der Waals surface area contributed by atoms with Gasteiger partial charge in [-0.2, -0.15) is 13.2 Å². The van der Waals surface area contributed by atoms with Crippen LogP contribution < -0.4 is 10.5 Å². The van der Waals surface area contributed by atoms with Crippen molar-refractivity contribution in [1.82, 2.24) is 0 Å². The van der Waals surface area contributed by atoms with Crippen LogP contribution in [0.25, 0.3) is 0 Å². The first kappa shape index (κ1) is 15.6. The van der Waals surface area contributed by atoms with Crippen molar-refractivity contribution in [3.63, 3.8) is 0 Å². The van der Waals surface area contributed by atoms with E-state index in [1.54, 1.807) is 0 Å². The van der Waals surface area contributed by atoms with Crippen molar-refractivity contribution in [2.24, 2.45) is 5.73 Å². The number of rotatable bonds is 3. The molecule has 2 N–H and O–H groups in total. The molecule has 0 saturated heterocycles. The van der Waals surface area contributed by atoms with Gasteiger partial charge in [-0.15, -0.1) is 0 Å². The van der Waals surface area contributed by atoms with E-state index in [1.807, 2.05) is 0 Å². The summed E-state index contributed by atoms with van der Waals surface area (Å²) >= 11 is 3.28. The molecule has 1 aromatic rings. The summed E-state index contributed by atoms with van der Waals surface area (Å²) in [5.74, 6) is 0.186. The average molecular weight is 352 g/mol. The molecule has 0 radical (unpaired) electrons. The third-order valence-electron chi connectivity index (χ3n) is 4.12. The standard InChI is InChI=1S/C14H17BrF3NO/c1-20-12-7-10(14(16,17)18)9(6-11(12)15)13(8-19)4-2-3-5-13/h6-7H,2-5,8,19H2,1H3. The summed E-state index contributed by atoms with van der Waals surface area (Å²) in [6.45, 7) is 0.231. The number of halogens is 4. The summed E-state index contributed by atoms with van der Waals surface area (Å²) in [5, 5.41) is 0. The molecule has 1 fully saturated rings. The lowest BCUT2D eigenvalue weighted by molar-refractivity contribution is -0.138. The van der Waals surface area contributed by atoms with Crippen molar-refractivity contribution < 1.29 is 17.9 Å². The van der Waals surface area contributed by atoms with Crippen molar-refractivity contribution in [1.29, 1.82) is 0 Å². The number of alkyl halides is 3. The predicted molar refractivity (Wildman–Crippen MR) is 74.9 cm³/mol. The second kappa shape index (κ2) is 5.56. The van der Waals surface area contributed by atoms with E-state index in [0.717, 1.165) is 18.9 Å². The van der Waals surface area contributed by atoms with Gasteiger partial charge in [0.15, 0.2) is 0 Å². The summed E-state index contributed by atoms with van der Waals surface area (Å²) in [6.07, 6.45) is -1.18. The van der Waals surface area contributed by atoms with Crippen LogP contribution in [0.3, 0.4) is 0 Å². The van der Waals surface area contributed by atoms with Crippen LogP contribution in [0.4, 0.5) is 13.2 Å². The average Bonchev–Trinajstić information content (AvgIpc) is 2.87. The zero-order chi connectivity index (χ0) is 15.0. The van der Waals surface area contributed by atoms with Crippen LogP contribution in [-0.2, 0) is 11.6 Å². The highest BCUT2D eigenvalue weighted by Crippen LogP contribution is 2.48. The Labute approximate surface area is 124 Å². The number of hydrogen-bond acceptors (Lipinski definition) is 2. The van der Waals surface area contributed by atoms with Crippen molar-refractivity contribution >= 4 is 15.9 Å². The van der Waals surface area contributed by atoms with E-state index in [2.05, 4.69) is 15.9 Å². The minimum Gasteiger partial charge on any atom is -0.496 e. The molecule has 6 heteroatoms. The van der Waals surface area contributed by atoms with Crippen LogP contribution in [0.5, 0.6) is 5.75 Å². The van der Waals surface area contributed by atoms with E-state index in [9.17, 15) is 13.2 Å². The molecular weight excluding hydrogens is 335 g/mol. The maximum atomic E-state index is 13.3. The van der Waals surface area contributed by atoms with Gasteiger partial charge in [0.1, 0.15) is 5.75 Å². The lowest BCUT2D eigenvalue weighted by Crippen LogP contribution is -2.34. The topological polar surface area (TPSA) is 35.2 Å². The quantitative estimate of drug-likeness (QED) is 0.883. The lowest BCUT2D eigenvalue weighted by Gasteiger charge is -2.31. The van der Waals surface area contributed by atoms with E-state index >= 15 is 0 Å². The molecule has 112 valence electrons. The summed E-state index contributed by atoms with van der Waals surface area (Å²) in [5.41, 5.74) is 4.91. The minimum atomic E-state index is -4.41. The van der Waals surface area contributed by atoms with E-state index in [-0.39, 0.29) is 17.9 Å². The van der Waals surface area contributed by atoms with Gasteiger partial charge in [0, 0.05) is 12.0 Å². The zero-order valence-corrected chi connectivity index (χ0v) is 12.8. The number of ether oxygens (including phenoxy) is 1. The van der Waals surface area contributed by atoms with Gasteiger partial charge in [-0.1, -0.05) is 12.8 Å². The minimum absolute atomic E-state index is 0.186. The van der Waals surface area contributed by atoms with Gasteiger partial charge in [0.05, 0.1) is 17.1 Å². The monoisotopic (exact) mass is 351 g/mol. The molecule has 1 saturated carbocycles. The Morgan fingerprint density at radius 2 is 1.90 bits per heavy atom. The molecule has 2 rings (SSSR count). The molecular formula is C14H17BrF3NO. The molecule has 0 aromatic heterocycles. The summed E-state index contributed by atoms with van der Waals surface area (Å²) in [6, 6.07) is 2.59. The first-order chi connectivity index (χ1) is 9.34. The number of hydrogen-bond donors (Lipinski definition) is 1. The molecule has 0 aliphatic heterocycles. The van der Waals surface area contributed by atoms with Crippen LogP contribution in [0, 0.1) is 0 Å². The number of nitrogens with two attached hydrogens (primary N) is 1. The zero-order valence-electron chi connectivity index (χ0n) is 11.2. The van der Waals surface area contributed by atoms with Gasteiger partial charge in [-0.05, 0) is 46.5 Å². The Bertz CT molecular complexity index is 496. The fraction of sp³-hybridized carbons (Fsp3) is 0.571. The Hall–Kier alpha value is -0.750. The van der Waals surface area contributed by atoms with Crippen molar-refractivity contribution in [3.8, 4) is 5.75 Å².